The maximum absolute atomic E-state index is 12.4. The molecule has 0 fully saturated rings. The van der Waals surface area contributed by atoms with Crippen molar-refractivity contribution in [1.29, 1.82) is 0 Å². The molecule has 1 heterocycles. The molecule has 26 heavy (non-hydrogen) atoms. The number of hydrogen-bond acceptors (Lipinski definition) is 7. The van der Waals surface area contributed by atoms with E-state index in [0.29, 0.717) is 10.9 Å². The lowest BCUT2D eigenvalue weighted by Gasteiger charge is -2.11. The quantitative estimate of drug-likeness (QED) is 0.404. The molecule has 0 saturated heterocycles. The van der Waals surface area contributed by atoms with E-state index in [-0.39, 0.29) is 22.8 Å². The van der Waals surface area contributed by atoms with Crippen molar-refractivity contribution in [1.82, 2.24) is 0 Å². The van der Waals surface area contributed by atoms with E-state index in [1.165, 1.54) is 32.2 Å². The molecular formula is C19H14O7. The molecule has 0 bridgehead atoms. The lowest BCUT2D eigenvalue weighted by molar-refractivity contribution is -0.131. The Labute approximate surface area is 147 Å². The standard InChI is InChI=1S/C19H14O7/c1-11(20)24-13-8-9-14-15(10-13)25-19(22)17(23-2)16(14)26-18(21)12-6-4-3-5-7-12/h3-10H,1-2H3. The Morgan fingerprint density at radius 3 is 2.35 bits per heavy atom. The van der Waals surface area contributed by atoms with E-state index in [1.54, 1.807) is 30.3 Å². The molecule has 2 aromatic carbocycles. The number of hydrogen-bond donors (Lipinski definition) is 0. The van der Waals surface area contributed by atoms with Gasteiger partial charge in [0, 0.05) is 13.0 Å². The number of benzene rings is 2. The summed E-state index contributed by atoms with van der Waals surface area (Å²) in [5.74, 6) is -1.28. The van der Waals surface area contributed by atoms with Crippen molar-refractivity contribution in [3.8, 4) is 17.2 Å². The highest BCUT2D eigenvalue weighted by atomic mass is 16.6. The van der Waals surface area contributed by atoms with Crippen LogP contribution in [0.4, 0.5) is 0 Å². The first-order chi connectivity index (χ1) is 12.5. The number of esters is 2. The minimum Gasteiger partial charge on any atom is -0.487 e. The van der Waals surface area contributed by atoms with Gasteiger partial charge in [0.25, 0.3) is 0 Å². The van der Waals surface area contributed by atoms with Gasteiger partial charge in [0.15, 0.2) is 5.75 Å². The van der Waals surface area contributed by atoms with Crippen LogP contribution in [0.5, 0.6) is 17.2 Å². The van der Waals surface area contributed by atoms with Gasteiger partial charge in [0.1, 0.15) is 11.3 Å². The first kappa shape index (κ1) is 17.2. The second-order valence-electron chi connectivity index (χ2n) is 5.26. The fraction of sp³-hybridized carbons (Fsp3) is 0.105. The lowest BCUT2D eigenvalue weighted by atomic mass is 10.2. The predicted octanol–water partition coefficient (Wildman–Crippen LogP) is 2.95. The number of carbonyl (C=O) groups is 2. The highest BCUT2D eigenvalue weighted by Crippen LogP contribution is 2.35. The first-order valence-electron chi connectivity index (χ1n) is 7.60. The van der Waals surface area contributed by atoms with Gasteiger partial charge in [-0.1, -0.05) is 18.2 Å². The third-order valence-electron chi connectivity index (χ3n) is 3.46. The van der Waals surface area contributed by atoms with Crippen molar-refractivity contribution in [2.24, 2.45) is 0 Å². The SMILES string of the molecule is COc1c(OC(=O)c2ccccc2)c2ccc(OC(C)=O)cc2oc1=O. The van der Waals surface area contributed by atoms with Crippen molar-refractivity contribution in [2.45, 2.75) is 6.92 Å². The molecule has 7 nitrogen and oxygen atoms in total. The first-order valence-corrected chi connectivity index (χ1v) is 7.60. The van der Waals surface area contributed by atoms with Crippen molar-refractivity contribution in [3.63, 3.8) is 0 Å². The van der Waals surface area contributed by atoms with Gasteiger partial charge in [0.05, 0.1) is 18.1 Å². The molecule has 1 aromatic heterocycles. The van der Waals surface area contributed by atoms with Gasteiger partial charge in [-0.25, -0.2) is 9.59 Å². The average Bonchev–Trinajstić information content (AvgIpc) is 2.61. The molecular weight excluding hydrogens is 340 g/mol. The van der Waals surface area contributed by atoms with Crippen LogP contribution in [0, 0.1) is 0 Å². The van der Waals surface area contributed by atoms with Crippen molar-refractivity contribution >= 4 is 22.9 Å². The van der Waals surface area contributed by atoms with Crippen molar-refractivity contribution < 1.29 is 28.2 Å². The zero-order chi connectivity index (χ0) is 18.7. The minimum absolute atomic E-state index is 0.0676. The fourth-order valence-corrected chi connectivity index (χ4v) is 2.37. The second-order valence-corrected chi connectivity index (χ2v) is 5.26. The third kappa shape index (κ3) is 3.41. The van der Waals surface area contributed by atoms with E-state index < -0.39 is 17.6 Å². The summed E-state index contributed by atoms with van der Waals surface area (Å²) in [5, 5.41) is 0.321. The van der Waals surface area contributed by atoms with E-state index in [2.05, 4.69) is 0 Å². The number of rotatable bonds is 4. The normalized spacial score (nSPS) is 10.4. The molecule has 0 amide bonds. The van der Waals surface area contributed by atoms with E-state index in [9.17, 15) is 14.4 Å². The summed E-state index contributed by atoms with van der Waals surface area (Å²) in [6, 6.07) is 12.7. The van der Waals surface area contributed by atoms with Gasteiger partial charge in [-0.15, -0.1) is 0 Å². The Morgan fingerprint density at radius 2 is 1.69 bits per heavy atom. The summed E-state index contributed by atoms with van der Waals surface area (Å²) in [5.41, 5.74) is -0.422. The van der Waals surface area contributed by atoms with Crippen LogP contribution in [-0.2, 0) is 4.79 Å². The van der Waals surface area contributed by atoms with Crippen molar-refractivity contribution in [3.05, 3.63) is 64.5 Å². The van der Waals surface area contributed by atoms with E-state index in [0.717, 1.165) is 0 Å². The molecule has 0 radical (unpaired) electrons. The topological polar surface area (TPSA) is 92.0 Å². The van der Waals surface area contributed by atoms with E-state index in [1.807, 2.05) is 0 Å². The van der Waals surface area contributed by atoms with Gasteiger partial charge in [0.2, 0.25) is 5.75 Å². The van der Waals surface area contributed by atoms with Crippen LogP contribution in [0.25, 0.3) is 11.0 Å². The zero-order valence-electron chi connectivity index (χ0n) is 14.0. The van der Waals surface area contributed by atoms with E-state index >= 15 is 0 Å². The average molecular weight is 354 g/mol. The number of ether oxygens (including phenoxy) is 3. The molecule has 0 aliphatic rings. The largest absolute Gasteiger partial charge is 0.487 e. The molecule has 3 aromatic rings. The molecule has 0 unspecified atom stereocenters. The molecule has 0 N–H and O–H groups in total. The number of carbonyl (C=O) groups excluding carboxylic acids is 2. The summed E-state index contributed by atoms with van der Waals surface area (Å²) >= 11 is 0. The lowest BCUT2D eigenvalue weighted by Crippen LogP contribution is -2.13. The van der Waals surface area contributed by atoms with Gasteiger partial charge in [-0.3, -0.25) is 4.79 Å². The molecule has 0 aliphatic carbocycles. The second kappa shape index (κ2) is 7.10. The Morgan fingerprint density at radius 1 is 0.962 bits per heavy atom. The maximum Gasteiger partial charge on any atom is 0.383 e. The molecule has 3 rings (SSSR count). The molecule has 0 spiro atoms. The third-order valence-corrected chi connectivity index (χ3v) is 3.46. The molecule has 0 aliphatic heterocycles. The Bertz CT molecular complexity index is 1030. The smallest absolute Gasteiger partial charge is 0.383 e. The molecule has 0 atom stereocenters. The van der Waals surface area contributed by atoms with Crippen LogP contribution in [0.2, 0.25) is 0 Å². The minimum atomic E-state index is -0.823. The van der Waals surface area contributed by atoms with Gasteiger partial charge >= 0.3 is 17.6 Å². The van der Waals surface area contributed by atoms with Crippen LogP contribution in [0.15, 0.2) is 57.7 Å². The summed E-state index contributed by atoms with van der Waals surface area (Å²) in [6.45, 7) is 1.25. The van der Waals surface area contributed by atoms with Crippen LogP contribution in [0.1, 0.15) is 17.3 Å². The summed E-state index contributed by atoms with van der Waals surface area (Å²) in [7, 11) is 1.27. The number of methoxy groups -OCH3 is 1. The van der Waals surface area contributed by atoms with Crippen LogP contribution in [0.3, 0.4) is 0 Å². The molecule has 132 valence electrons. The highest BCUT2D eigenvalue weighted by molar-refractivity contribution is 5.95. The molecule has 7 heteroatoms. The van der Waals surface area contributed by atoms with Crippen LogP contribution < -0.4 is 19.8 Å². The number of fused-ring (bicyclic) bond motifs is 1. The van der Waals surface area contributed by atoms with Gasteiger partial charge in [-0.05, 0) is 24.3 Å². The van der Waals surface area contributed by atoms with Gasteiger partial charge < -0.3 is 18.6 Å². The van der Waals surface area contributed by atoms with Crippen LogP contribution >= 0.6 is 0 Å². The van der Waals surface area contributed by atoms with E-state index in [4.69, 9.17) is 18.6 Å². The maximum atomic E-state index is 12.4. The molecule has 0 saturated carbocycles. The Balaban J connectivity index is 2.11. The fourth-order valence-electron chi connectivity index (χ4n) is 2.37. The zero-order valence-corrected chi connectivity index (χ0v) is 14.0. The van der Waals surface area contributed by atoms with Crippen LogP contribution in [-0.4, -0.2) is 19.0 Å². The summed E-state index contributed by atoms with van der Waals surface area (Å²) < 4.78 is 20.6. The van der Waals surface area contributed by atoms with Crippen molar-refractivity contribution in [2.75, 3.05) is 7.11 Å². The van der Waals surface area contributed by atoms with Gasteiger partial charge in [-0.2, -0.15) is 0 Å². The summed E-state index contributed by atoms with van der Waals surface area (Å²) in [6.07, 6.45) is 0. The summed E-state index contributed by atoms with van der Waals surface area (Å²) in [4.78, 5) is 35.6. The predicted molar refractivity (Wildman–Crippen MR) is 91.7 cm³/mol. The Hall–Kier alpha value is -3.61. The highest BCUT2D eigenvalue weighted by Gasteiger charge is 2.21. The Kier molecular flexibility index (Phi) is 4.70. The monoisotopic (exact) mass is 354 g/mol.